The second-order valence-electron chi connectivity index (χ2n) is 8.79. The molecule has 30 heavy (non-hydrogen) atoms. The highest BCUT2D eigenvalue weighted by atomic mass is 16.2. The molecule has 1 aliphatic carbocycles. The van der Waals surface area contributed by atoms with Gasteiger partial charge in [0.1, 0.15) is 0 Å². The minimum atomic E-state index is -0.297. The molecule has 156 valence electrons. The highest BCUT2D eigenvalue weighted by molar-refractivity contribution is 6.07. The van der Waals surface area contributed by atoms with Crippen LogP contribution in [0.25, 0.3) is 10.8 Å². The first-order chi connectivity index (χ1) is 14.6. The van der Waals surface area contributed by atoms with Gasteiger partial charge in [-0.3, -0.25) is 14.4 Å². The maximum Gasteiger partial charge on any atom is 0.228 e. The number of piperidine rings is 1. The smallest absolute Gasteiger partial charge is 0.228 e. The monoisotopic (exact) mass is 405 g/mol. The Morgan fingerprint density at radius 2 is 1.63 bits per heavy atom. The van der Waals surface area contributed by atoms with Crippen LogP contribution in [0.15, 0.2) is 42.5 Å². The van der Waals surface area contributed by atoms with Gasteiger partial charge in [-0.1, -0.05) is 36.4 Å². The van der Waals surface area contributed by atoms with Crippen molar-refractivity contribution in [2.24, 2.45) is 11.8 Å². The molecule has 1 unspecified atom stereocenters. The normalized spacial score (nSPS) is 22.5. The Labute approximate surface area is 176 Å². The van der Waals surface area contributed by atoms with Crippen molar-refractivity contribution >= 4 is 34.2 Å². The van der Waals surface area contributed by atoms with Crippen molar-refractivity contribution in [2.45, 2.75) is 38.1 Å². The van der Waals surface area contributed by atoms with Crippen LogP contribution in [-0.2, 0) is 14.4 Å². The molecule has 1 saturated carbocycles. The molecular formula is C24H27N3O3. The number of carbonyl (C=O) groups is 3. The van der Waals surface area contributed by atoms with E-state index in [9.17, 15) is 14.4 Å². The van der Waals surface area contributed by atoms with Gasteiger partial charge in [0, 0.05) is 43.4 Å². The summed E-state index contributed by atoms with van der Waals surface area (Å²) in [6, 6.07) is 14.1. The molecule has 3 fully saturated rings. The number of rotatable bonds is 4. The second kappa shape index (κ2) is 7.74. The lowest BCUT2D eigenvalue weighted by atomic mass is 10.0. The maximum absolute atomic E-state index is 13.1. The topological polar surface area (TPSA) is 69.7 Å². The van der Waals surface area contributed by atoms with Gasteiger partial charge in [-0.05, 0) is 37.1 Å². The van der Waals surface area contributed by atoms with Crippen molar-refractivity contribution in [1.29, 1.82) is 0 Å². The fraction of sp³-hybridized carbons (Fsp3) is 0.458. The third-order valence-corrected chi connectivity index (χ3v) is 6.63. The Kier molecular flexibility index (Phi) is 4.93. The van der Waals surface area contributed by atoms with E-state index in [1.165, 1.54) is 0 Å². The Morgan fingerprint density at radius 3 is 2.40 bits per heavy atom. The molecule has 1 N–H and O–H groups in total. The summed E-state index contributed by atoms with van der Waals surface area (Å²) in [6.45, 7) is 1.73. The fourth-order valence-corrected chi connectivity index (χ4v) is 4.72. The number of amides is 3. The standard InChI is InChI=1S/C24H27N3O3/c28-22-14-18(15-27(22)21-7-3-5-16-4-1-2-6-20(16)21)24(30)26-12-10-19(11-13-26)25-23(29)17-8-9-17/h1-7,17-19H,8-15H2,(H,25,29). The first-order valence-corrected chi connectivity index (χ1v) is 11.0. The van der Waals surface area contributed by atoms with E-state index in [2.05, 4.69) is 5.32 Å². The lowest BCUT2D eigenvalue weighted by molar-refractivity contribution is -0.137. The summed E-state index contributed by atoms with van der Waals surface area (Å²) in [5.41, 5.74) is 0.884. The molecule has 6 heteroatoms. The minimum absolute atomic E-state index is 0.0104. The van der Waals surface area contributed by atoms with Gasteiger partial charge in [-0.2, -0.15) is 0 Å². The molecule has 6 nitrogen and oxygen atoms in total. The van der Waals surface area contributed by atoms with Crippen LogP contribution < -0.4 is 10.2 Å². The zero-order valence-corrected chi connectivity index (χ0v) is 17.0. The Hall–Kier alpha value is -2.89. The van der Waals surface area contributed by atoms with Gasteiger partial charge in [0.15, 0.2) is 0 Å². The third-order valence-electron chi connectivity index (χ3n) is 6.63. The average molecular weight is 405 g/mol. The lowest BCUT2D eigenvalue weighted by Crippen LogP contribution is -2.48. The van der Waals surface area contributed by atoms with Crippen LogP contribution in [0.4, 0.5) is 5.69 Å². The van der Waals surface area contributed by atoms with Crippen molar-refractivity contribution in [1.82, 2.24) is 10.2 Å². The SMILES string of the molecule is O=C(NC1CCN(C(=O)C2CC(=O)N(c3cccc4ccccc34)C2)CC1)C1CC1. The van der Waals surface area contributed by atoms with Crippen molar-refractivity contribution in [2.75, 3.05) is 24.5 Å². The minimum Gasteiger partial charge on any atom is -0.353 e. The van der Waals surface area contributed by atoms with Gasteiger partial charge in [0.25, 0.3) is 0 Å². The summed E-state index contributed by atoms with van der Waals surface area (Å²) < 4.78 is 0. The first kappa shape index (κ1) is 19.1. The van der Waals surface area contributed by atoms with Crippen LogP contribution >= 0.6 is 0 Å². The highest BCUT2D eigenvalue weighted by Gasteiger charge is 2.39. The largest absolute Gasteiger partial charge is 0.353 e. The van der Waals surface area contributed by atoms with Crippen molar-refractivity contribution in [3.8, 4) is 0 Å². The maximum atomic E-state index is 13.1. The van der Waals surface area contributed by atoms with Gasteiger partial charge in [0.05, 0.1) is 11.6 Å². The summed E-state index contributed by atoms with van der Waals surface area (Å²) in [6.07, 6.45) is 3.86. The van der Waals surface area contributed by atoms with Crippen LogP contribution in [0.1, 0.15) is 32.1 Å². The van der Waals surface area contributed by atoms with Crippen molar-refractivity contribution in [3.05, 3.63) is 42.5 Å². The molecule has 2 saturated heterocycles. The predicted octanol–water partition coefficient (Wildman–Crippen LogP) is 2.71. The molecule has 2 aliphatic heterocycles. The number of nitrogens with zero attached hydrogens (tertiary/aromatic N) is 2. The number of fused-ring (bicyclic) bond motifs is 1. The fourth-order valence-electron chi connectivity index (χ4n) is 4.72. The third kappa shape index (κ3) is 3.66. The number of anilines is 1. The quantitative estimate of drug-likeness (QED) is 0.850. The van der Waals surface area contributed by atoms with E-state index in [-0.39, 0.29) is 42.0 Å². The molecule has 3 aliphatic rings. The molecule has 2 heterocycles. The number of likely N-dealkylation sites (tertiary alicyclic amines) is 1. The molecule has 0 aromatic heterocycles. The van der Waals surface area contributed by atoms with Crippen molar-refractivity contribution in [3.63, 3.8) is 0 Å². The summed E-state index contributed by atoms with van der Waals surface area (Å²) >= 11 is 0. The highest BCUT2D eigenvalue weighted by Crippen LogP contribution is 2.33. The van der Waals surface area contributed by atoms with E-state index in [1.807, 2.05) is 47.4 Å². The Bertz CT molecular complexity index is 987. The number of hydrogen-bond donors (Lipinski definition) is 1. The zero-order valence-electron chi connectivity index (χ0n) is 17.0. The molecule has 5 rings (SSSR count). The van der Waals surface area contributed by atoms with Crippen LogP contribution in [-0.4, -0.2) is 48.3 Å². The zero-order chi connectivity index (χ0) is 20.7. The second-order valence-corrected chi connectivity index (χ2v) is 8.79. The Balaban J connectivity index is 1.22. The molecule has 2 aromatic rings. The van der Waals surface area contributed by atoms with E-state index in [0.717, 1.165) is 42.1 Å². The summed E-state index contributed by atoms with van der Waals surface area (Å²) in [4.78, 5) is 41.5. The van der Waals surface area contributed by atoms with Crippen LogP contribution in [0.2, 0.25) is 0 Å². The average Bonchev–Trinajstić information content (AvgIpc) is 3.56. The summed E-state index contributed by atoms with van der Waals surface area (Å²) in [5.74, 6) is 0.171. The van der Waals surface area contributed by atoms with E-state index >= 15 is 0 Å². The summed E-state index contributed by atoms with van der Waals surface area (Å²) in [5, 5.41) is 5.25. The van der Waals surface area contributed by atoms with E-state index < -0.39 is 0 Å². The molecule has 2 aromatic carbocycles. The molecular weight excluding hydrogens is 378 g/mol. The molecule has 3 amide bonds. The van der Waals surface area contributed by atoms with Crippen molar-refractivity contribution < 1.29 is 14.4 Å². The van der Waals surface area contributed by atoms with E-state index in [1.54, 1.807) is 4.90 Å². The van der Waals surface area contributed by atoms with Gasteiger partial charge in [0.2, 0.25) is 17.7 Å². The van der Waals surface area contributed by atoms with Crippen LogP contribution in [0.3, 0.4) is 0 Å². The van der Waals surface area contributed by atoms with Gasteiger partial charge < -0.3 is 15.1 Å². The molecule has 0 radical (unpaired) electrons. The van der Waals surface area contributed by atoms with Gasteiger partial charge in [-0.25, -0.2) is 0 Å². The number of benzene rings is 2. The van der Waals surface area contributed by atoms with Gasteiger partial charge >= 0.3 is 0 Å². The van der Waals surface area contributed by atoms with Gasteiger partial charge in [-0.15, -0.1) is 0 Å². The number of hydrogen-bond acceptors (Lipinski definition) is 3. The number of carbonyl (C=O) groups excluding carboxylic acids is 3. The first-order valence-electron chi connectivity index (χ1n) is 11.0. The molecule has 0 spiro atoms. The van der Waals surface area contributed by atoms with E-state index in [0.29, 0.717) is 19.6 Å². The lowest BCUT2D eigenvalue weighted by Gasteiger charge is -2.33. The van der Waals surface area contributed by atoms with E-state index in [4.69, 9.17) is 0 Å². The van der Waals surface area contributed by atoms with Crippen LogP contribution in [0.5, 0.6) is 0 Å². The Morgan fingerprint density at radius 1 is 0.900 bits per heavy atom. The van der Waals surface area contributed by atoms with Crippen LogP contribution in [0, 0.1) is 11.8 Å². The predicted molar refractivity (Wildman–Crippen MR) is 115 cm³/mol. The number of nitrogens with one attached hydrogen (secondary N) is 1. The molecule has 1 atom stereocenters. The summed E-state index contributed by atoms with van der Waals surface area (Å²) in [7, 11) is 0. The molecule has 0 bridgehead atoms.